The number of hydrogen-bond donors (Lipinski definition) is 0. The summed E-state index contributed by atoms with van der Waals surface area (Å²) in [4.78, 5) is 17.6. The Morgan fingerprint density at radius 2 is 1.75 bits per heavy atom. The van der Waals surface area contributed by atoms with Gasteiger partial charge in [-0.2, -0.15) is 0 Å². The Morgan fingerprint density at radius 3 is 2.36 bits per heavy atom. The van der Waals surface area contributed by atoms with Crippen LogP contribution in [0.3, 0.4) is 0 Å². The van der Waals surface area contributed by atoms with Crippen molar-refractivity contribution in [2.45, 2.75) is 71.6 Å². The molecule has 2 aromatic heterocycles. The van der Waals surface area contributed by atoms with Crippen molar-refractivity contribution in [3.05, 3.63) is 33.9 Å². The summed E-state index contributed by atoms with van der Waals surface area (Å²) >= 11 is 0. The van der Waals surface area contributed by atoms with Crippen molar-refractivity contribution in [1.29, 1.82) is 0 Å². The fourth-order valence-electron chi connectivity index (χ4n) is 4.09. The molecule has 0 unspecified atom stereocenters. The number of fused-ring (bicyclic) bond motifs is 3. The molecule has 0 amide bonds. The highest BCUT2D eigenvalue weighted by Gasteiger charge is 2.52. The largest absolute Gasteiger partial charge is 0.495 e. The first-order valence-corrected chi connectivity index (χ1v) is 9.91. The maximum atomic E-state index is 13.2. The Labute approximate surface area is 164 Å². The second-order valence-electron chi connectivity index (χ2n) is 9.08. The molecule has 146 valence electrons. The van der Waals surface area contributed by atoms with Crippen LogP contribution in [0.2, 0.25) is 0 Å². The third-order valence-electron chi connectivity index (χ3n) is 6.53. The molecule has 0 atom stereocenters. The number of nitrogens with zero attached hydrogens (tertiary/aromatic N) is 2. The van der Waals surface area contributed by atoms with Crippen LogP contribution in [-0.4, -0.2) is 27.9 Å². The summed E-state index contributed by atoms with van der Waals surface area (Å²) in [6.07, 6.45) is 2.02. The highest BCUT2D eigenvalue weighted by Crippen LogP contribution is 2.40. The van der Waals surface area contributed by atoms with E-state index in [0.717, 1.165) is 34.8 Å². The average molecular weight is 380 g/mol. The number of benzene rings is 1. The van der Waals surface area contributed by atoms with Crippen LogP contribution in [-0.2, 0) is 9.31 Å². The predicted octanol–water partition coefficient (Wildman–Crippen LogP) is 3.39. The van der Waals surface area contributed by atoms with E-state index in [1.165, 1.54) is 0 Å². The van der Waals surface area contributed by atoms with Crippen LogP contribution >= 0.6 is 0 Å². The van der Waals surface area contributed by atoms with Crippen LogP contribution in [0, 0.1) is 13.8 Å². The van der Waals surface area contributed by atoms with E-state index in [0.29, 0.717) is 17.0 Å². The number of hydrogen-bond acceptors (Lipinski definition) is 5. The van der Waals surface area contributed by atoms with Crippen molar-refractivity contribution in [2.24, 2.45) is 0 Å². The quantitative estimate of drug-likeness (QED) is 0.638. The molecule has 6 nitrogen and oxygen atoms in total. The number of rotatable bonds is 2. The zero-order chi connectivity index (χ0) is 20.0. The van der Waals surface area contributed by atoms with E-state index in [1.807, 2.05) is 51.3 Å². The van der Waals surface area contributed by atoms with Gasteiger partial charge in [0.05, 0.1) is 16.7 Å². The van der Waals surface area contributed by atoms with Crippen LogP contribution in [0.1, 0.15) is 58.0 Å². The molecule has 7 heteroatoms. The first-order chi connectivity index (χ1) is 13.1. The molecular weight excluding hydrogens is 355 g/mol. The van der Waals surface area contributed by atoms with Crippen molar-refractivity contribution in [1.82, 2.24) is 9.55 Å². The van der Waals surface area contributed by atoms with E-state index in [1.54, 1.807) is 6.92 Å². The third-order valence-corrected chi connectivity index (χ3v) is 6.53. The maximum Gasteiger partial charge on any atom is 0.495 e. The number of aryl methyl sites for hydroxylation is 2. The van der Waals surface area contributed by atoms with Crippen molar-refractivity contribution < 1.29 is 13.7 Å². The van der Waals surface area contributed by atoms with E-state index in [9.17, 15) is 4.79 Å². The predicted molar refractivity (Wildman–Crippen MR) is 109 cm³/mol. The van der Waals surface area contributed by atoms with E-state index in [4.69, 9.17) is 13.7 Å². The van der Waals surface area contributed by atoms with Crippen LogP contribution in [0.5, 0.6) is 0 Å². The molecule has 2 fully saturated rings. The van der Waals surface area contributed by atoms with Gasteiger partial charge in [0.25, 0.3) is 5.56 Å². The van der Waals surface area contributed by atoms with Gasteiger partial charge in [-0.05, 0) is 64.6 Å². The third kappa shape index (κ3) is 2.35. The monoisotopic (exact) mass is 380 g/mol. The molecule has 28 heavy (non-hydrogen) atoms. The Hall–Kier alpha value is -2.12. The van der Waals surface area contributed by atoms with Gasteiger partial charge in [-0.1, -0.05) is 6.07 Å². The Bertz CT molecular complexity index is 1170. The second-order valence-corrected chi connectivity index (χ2v) is 9.08. The fourth-order valence-corrected chi connectivity index (χ4v) is 4.09. The lowest BCUT2D eigenvalue weighted by molar-refractivity contribution is 0.00578. The Balaban J connectivity index is 1.79. The van der Waals surface area contributed by atoms with Crippen molar-refractivity contribution >= 4 is 34.6 Å². The van der Waals surface area contributed by atoms with Crippen molar-refractivity contribution in [2.75, 3.05) is 0 Å². The molecule has 1 aromatic carbocycles. The minimum Gasteiger partial charge on any atom is -0.440 e. The molecule has 0 bridgehead atoms. The van der Waals surface area contributed by atoms with Gasteiger partial charge in [0.15, 0.2) is 17.0 Å². The van der Waals surface area contributed by atoms with Gasteiger partial charge < -0.3 is 18.3 Å². The minimum absolute atomic E-state index is 0.0731. The lowest BCUT2D eigenvalue weighted by atomic mass is 9.75. The van der Waals surface area contributed by atoms with Crippen LogP contribution < -0.4 is 11.0 Å². The highest BCUT2D eigenvalue weighted by atomic mass is 16.7. The van der Waals surface area contributed by atoms with Gasteiger partial charge in [0.2, 0.25) is 0 Å². The molecule has 0 spiro atoms. The van der Waals surface area contributed by atoms with Crippen LogP contribution in [0.25, 0.3) is 22.0 Å². The topological polar surface area (TPSA) is 66.5 Å². The molecule has 5 rings (SSSR count). The standard InChI is InChI=1S/C21H25BN2O4/c1-11-15(22-27-20(3,4)21(5,6)28-22)10-9-14-17(11)24(13-7-8-13)19(25)16-18(14)26-12(2)23-16/h9-10,13H,7-8H2,1-6H3. The summed E-state index contributed by atoms with van der Waals surface area (Å²) < 4.78 is 20.3. The zero-order valence-electron chi connectivity index (χ0n) is 17.3. The molecule has 1 aliphatic heterocycles. The van der Waals surface area contributed by atoms with Gasteiger partial charge >= 0.3 is 7.12 Å². The second kappa shape index (κ2) is 5.48. The molecule has 3 heterocycles. The summed E-state index contributed by atoms with van der Waals surface area (Å²) in [7, 11) is -0.468. The van der Waals surface area contributed by atoms with Gasteiger partial charge in [0, 0.05) is 18.4 Å². The van der Waals surface area contributed by atoms with Gasteiger partial charge in [-0.3, -0.25) is 4.79 Å². The Morgan fingerprint density at radius 1 is 1.11 bits per heavy atom. The molecule has 0 radical (unpaired) electrons. The lowest BCUT2D eigenvalue weighted by Crippen LogP contribution is -2.41. The van der Waals surface area contributed by atoms with Gasteiger partial charge in [0.1, 0.15) is 0 Å². The average Bonchev–Trinajstić information content (AvgIpc) is 3.30. The SMILES string of the molecule is Cc1nc2c(=O)n(C3CC3)c3c(C)c(B4OC(C)(C)C(C)(C)O4)ccc3c2o1. The van der Waals surface area contributed by atoms with Crippen molar-refractivity contribution in [3.63, 3.8) is 0 Å². The van der Waals surface area contributed by atoms with Crippen LogP contribution in [0.15, 0.2) is 21.3 Å². The summed E-state index contributed by atoms with van der Waals surface area (Å²) in [6, 6.07) is 4.26. The molecule has 2 aliphatic rings. The highest BCUT2D eigenvalue weighted by molar-refractivity contribution is 6.63. The molecule has 1 saturated carbocycles. The first kappa shape index (κ1) is 17.9. The number of oxazole rings is 1. The summed E-state index contributed by atoms with van der Waals surface area (Å²) in [5.41, 5.74) is 2.94. The summed E-state index contributed by atoms with van der Waals surface area (Å²) in [5.74, 6) is 0.509. The van der Waals surface area contributed by atoms with Gasteiger partial charge in [-0.15, -0.1) is 0 Å². The normalized spacial score (nSPS) is 21.1. The van der Waals surface area contributed by atoms with E-state index >= 15 is 0 Å². The molecule has 1 saturated heterocycles. The van der Waals surface area contributed by atoms with Gasteiger partial charge in [-0.25, -0.2) is 4.98 Å². The summed E-state index contributed by atoms with van der Waals surface area (Å²) in [6.45, 7) is 12.0. The molecular formula is C21H25BN2O4. The van der Waals surface area contributed by atoms with E-state index < -0.39 is 18.3 Å². The number of aromatic nitrogens is 2. The summed E-state index contributed by atoms with van der Waals surface area (Å²) in [5, 5.41) is 0.917. The molecule has 3 aromatic rings. The van der Waals surface area contributed by atoms with E-state index in [-0.39, 0.29) is 11.6 Å². The zero-order valence-corrected chi connectivity index (χ0v) is 17.3. The van der Waals surface area contributed by atoms with Crippen LogP contribution in [0.4, 0.5) is 0 Å². The first-order valence-electron chi connectivity index (χ1n) is 9.91. The number of pyridine rings is 1. The van der Waals surface area contributed by atoms with Crippen molar-refractivity contribution in [3.8, 4) is 0 Å². The fraction of sp³-hybridized carbons (Fsp3) is 0.524. The minimum atomic E-state index is -0.468. The lowest BCUT2D eigenvalue weighted by Gasteiger charge is -2.32. The smallest absolute Gasteiger partial charge is 0.440 e. The van der Waals surface area contributed by atoms with E-state index in [2.05, 4.69) is 4.98 Å². The molecule has 0 N–H and O–H groups in total. The molecule has 1 aliphatic carbocycles. The Kier molecular flexibility index (Phi) is 3.51. The maximum absolute atomic E-state index is 13.2.